The molecule has 0 aliphatic rings. The Morgan fingerprint density at radius 2 is 1.93 bits per heavy atom. The second-order valence-corrected chi connectivity index (χ2v) is 4.59. The van der Waals surface area contributed by atoms with Crippen molar-refractivity contribution in [2.24, 2.45) is 0 Å². The summed E-state index contributed by atoms with van der Waals surface area (Å²) >= 11 is 1.90. The third-order valence-corrected chi connectivity index (χ3v) is 4.00. The molecule has 1 aromatic heterocycles. The molecule has 1 heterocycles. The quantitative estimate of drug-likeness (QED) is 0.683. The van der Waals surface area contributed by atoms with E-state index < -0.39 is 0 Å². The summed E-state index contributed by atoms with van der Waals surface area (Å²) in [6.07, 6.45) is 2.29. The van der Waals surface area contributed by atoms with E-state index in [0.29, 0.717) is 0 Å². The standard InChI is InChI=1S/C13H16S/c1-4-10-8-14-13-11(5-2)9(3)6-7-12(10)13/h6-8H,4-5H2,1-3H3. The minimum Gasteiger partial charge on any atom is -0.143 e. The van der Waals surface area contributed by atoms with Gasteiger partial charge < -0.3 is 0 Å². The largest absolute Gasteiger partial charge is 0.143 e. The van der Waals surface area contributed by atoms with Crippen molar-refractivity contribution in [2.75, 3.05) is 0 Å². The van der Waals surface area contributed by atoms with Gasteiger partial charge in [0.2, 0.25) is 0 Å². The second-order valence-electron chi connectivity index (χ2n) is 3.71. The van der Waals surface area contributed by atoms with Crippen LogP contribution in [0.3, 0.4) is 0 Å². The molecule has 0 aliphatic carbocycles. The van der Waals surface area contributed by atoms with Gasteiger partial charge in [-0.3, -0.25) is 0 Å². The predicted molar refractivity (Wildman–Crippen MR) is 65.3 cm³/mol. The van der Waals surface area contributed by atoms with Gasteiger partial charge in [0.05, 0.1) is 0 Å². The van der Waals surface area contributed by atoms with E-state index in [1.807, 2.05) is 11.3 Å². The van der Waals surface area contributed by atoms with Crippen LogP contribution in [0.4, 0.5) is 0 Å². The molecule has 0 bridgehead atoms. The van der Waals surface area contributed by atoms with E-state index in [1.54, 1.807) is 0 Å². The fourth-order valence-corrected chi connectivity index (χ4v) is 3.35. The van der Waals surface area contributed by atoms with Crippen LogP contribution in [0.1, 0.15) is 30.5 Å². The number of hydrogen-bond donors (Lipinski definition) is 0. The molecule has 0 unspecified atom stereocenters. The van der Waals surface area contributed by atoms with Gasteiger partial charge in [-0.1, -0.05) is 26.0 Å². The van der Waals surface area contributed by atoms with Gasteiger partial charge in [-0.05, 0) is 47.2 Å². The van der Waals surface area contributed by atoms with E-state index in [9.17, 15) is 0 Å². The molecule has 1 aromatic carbocycles. The lowest BCUT2D eigenvalue weighted by Gasteiger charge is -2.04. The Hall–Kier alpha value is -0.820. The molecule has 1 heteroatoms. The van der Waals surface area contributed by atoms with Crippen molar-refractivity contribution in [3.05, 3.63) is 34.2 Å². The maximum atomic E-state index is 2.31. The number of hydrogen-bond acceptors (Lipinski definition) is 1. The number of fused-ring (bicyclic) bond motifs is 1. The Kier molecular flexibility index (Phi) is 2.60. The molecule has 0 aliphatic heterocycles. The highest BCUT2D eigenvalue weighted by Gasteiger charge is 2.07. The lowest BCUT2D eigenvalue weighted by Crippen LogP contribution is -1.86. The molecule has 74 valence electrons. The van der Waals surface area contributed by atoms with Crippen molar-refractivity contribution in [1.29, 1.82) is 0 Å². The summed E-state index contributed by atoms with van der Waals surface area (Å²) < 4.78 is 1.50. The van der Waals surface area contributed by atoms with Crippen LogP contribution >= 0.6 is 11.3 Å². The molecule has 0 nitrogen and oxygen atoms in total. The van der Waals surface area contributed by atoms with Crippen molar-refractivity contribution >= 4 is 21.4 Å². The van der Waals surface area contributed by atoms with Crippen molar-refractivity contribution in [1.82, 2.24) is 0 Å². The van der Waals surface area contributed by atoms with Crippen LogP contribution in [0.5, 0.6) is 0 Å². The van der Waals surface area contributed by atoms with Crippen LogP contribution in [-0.4, -0.2) is 0 Å². The van der Waals surface area contributed by atoms with Crippen LogP contribution in [0.25, 0.3) is 10.1 Å². The van der Waals surface area contributed by atoms with Crippen molar-refractivity contribution in [3.8, 4) is 0 Å². The van der Waals surface area contributed by atoms with Crippen LogP contribution < -0.4 is 0 Å². The number of rotatable bonds is 2. The molecule has 14 heavy (non-hydrogen) atoms. The van der Waals surface area contributed by atoms with Crippen molar-refractivity contribution in [2.45, 2.75) is 33.6 Å². The Balaban J connectivity index is 2.76. The Bertz CT molecular complexity index is 451. The SMILES string of the molecule is CCc1csc2c(CC)c(C)ccc12. The molecular formula is C13H16S. The van der Waals surface area contributed by atoms with E-state index >= 15 is 0 Å². The Morgan fingerprint density at radius 1 is 1.14 bits per heavy atom. The zero-order valence-corrected chi connectivity index (χ0v) is 9.87. The zero-order valence-electron chi connectivity index (χ0n) is 9.05. The highest BCUT2D eigenvalue weighted by molar-refractivity contribution is 7.17. The van der Waals surface area contributed by atoms with Gasteiger partial charge in [0.1, 0.15) is 0 Å². The third-order valence-electron chi connectivity index (χ3n) is 2.89. The molecule has 0 amide bonds. The summed E-state index contributed by atoms with van der Waals surface area (Å²) in [6, 6.07) is 4.53. The maximum absolute atomic E-state index is 2.31. The smallest absolute Gasteiger partial charge is 0.0380 e. The predicted octanol–water partition coefficient (Wildman–Crippen LogP) is 4.33. The second kappa shape index (κ2) is 3.74. The minimum absolute atomic E-state index is 1.15. The first-order valence-electron chi connectivity index (χ1n) is 5.26. The lowest BCUT2D eigenvalue weighted by atomic mass is 10.0. The third kappa shape index (κ3) is 1.36. The number of benzene rings is 1. The van der Waals surface area contributed by atoms with E-state index in [4.69, 9.17) is 0 Å². The summed E-state index contributed by atoms with van der Waals surface area (Å²) in [6.45, 7) is 6.68. The van der Waals surface area contributed by atoms with Gasteiger partial charge in [-0.2, -0.15) is 0 Å². The van der Waals surface area contributed by atoms with Gasteiger partial charge >= 0.3 is 0 Å². The first-order valence-corrected chi connectivity index (χ1v) is 6.14. The van der Waals surface area contributed by atoms with E-state index in [1.165, 1.54) is 26.8 Å². The van der Waals surface area contributed by atoms with Gasteiger partial charge in [0, 0.05) is 4.70 Å². The van der Waals surface area contributed by atoms with E-state index in [-0.39, 0.29) is 0 Å². The van der Waals surface area contributed by atoms with E-state index in [0.717, 1.165) is 12.8 Å². The van der Waals surface area contributed by atoms with Crippen molar-refractivity contribution in [3.63, 3.8) is 0 Å². The van der Waals surface area contributed by atoms with Gasteiger partial charge in [-0.25, -0.2) is 0 Å². The topological polar surface area (TPSA) is 0 Å². The van der Waals surface area contributed by atoms with Crippen LogP contribution in [0.15, 0.2) is 17.5 Å². The summed E-state index contributed by atoms with van der Waals surface area (Å²) in [4.78, 5) is 0. The Morgan fingerprint density at radius 3 is 2.57 bits per heavy atom. The molecule has 0 radical (unpaired) electrons. The summed E-state index contributed by atoms with van der Waals surface area (Å²) in [5.41, 5.74) is 4.47. The monoisotopic (exact) mass is 204 g/mol. The van der Waals surface area contributed by atoms with Crippen LogP contribution in [-0.2, 0) is 12.8 Å². The summed E-state index contributed by atoms with van der Waals surface area (Å²) in [7, 11) is 0. The molecular weight excluding hydrogens is 188 g/mol. The normalized spacial score (nSPS) is 11.1. The first-order chi connectivity index (χ1) is 6.77. The maximum Gasteiger partial charge on any atom is 0.0380 e. The molecule has 0 N–H and O–H groups in total. The molecule has 2 rings (SSSR count). The van der Waals surface area contributed by atoms with Crippen LogP contribution in [0.2, 0.25) is 0 Å². The molecule has 0 fully saturated rings. The molecule has 2 aromatic rings. The van der Waals surface area contributed by atoms with Gasteiger partial charge in [0.25, 0.3) is 0 Å². The number of aryl methyl sites for hydroxylation is 3. The molecule has 0 saturated heterocycles. The fourth-order valence-electron chi connectivity index (χ4n) is 2.02. The minimum atomic E-state index is 1.15. The highest BCUT2D eigenvalue weighted by Crippen LogP contribution is 2.31. The lowest BCUT2D eigenvalue weighted by molar-refractivity contribution is 1.13. The highest BCUT2D eigenvalue weighted by atomic mass is 32.1. The fraction of sp³-hybridized carbons (Fsp3) is 0.385. The molecule has 0 saturated carbocycles. The first kappa shape index (κ1) is 9.72. The van der Waals surface area contributed by atoms with Crippen LogP contribution in [0, 0.1) is 6.92 Å². The van der Waals surface area contributed by atoms with E-state index in [2.05, 4.69) is 38.3 Å². The Labute approximate surface area is 89.6 Å². The average molecular weight is 204 g/mol. The summed E-state index contributed by atoms with van der Waals surface area (Å²) in [5, 5.41) is 3.78. The van der Waals surface area contributed by atoms with Crippen molar-refractivity contribution < 1.29 is 0 Å². The zero-order chi connectivity index (χ0) is 10.1. The molecule has 0 spiro atoms. The summed E-state index contributed by atoms with van der Waals surface area (Å²) in [5.74, 6) is 0. The molecule has 0 atom stereocenters. The average Bonchev–Trinajstić information content (AvgIpc) is 2.60. The van der Waals surface area contributed by atoms with Gasteiger partial charge in [-0.15, -0.1) is 11.3 Å². The number of thiophene rings is 1. The van der Waals surface area contributed by atoms with Gasteiger partial charge in [0.15, 0.2) is 0 Å².